The predicted molar refractivity (Wildman–Crippen MR) is 149 cm³/mol. The van der Waals surface area contributed by atoms with Gasteiger partial charge in [-0.1, -0.05) is 19.9 Å². The molecule has 1 N–H and O–H groups in total. The molecule has 234 valence electrons. The number of methoxy groups -OCH3 is 1. The zero-order chi connectivity index (χ0) is 31.3. The van der Waals surface area contributed by atoms with E-state index in [1.165, 1.54) is 6.92 Å². The lowest BCUT2D eigenvalue weighted by molar-refractivity contribution is -0.180. The van der Waals surface area contributed by atoms with Crippen LogP contribution in [0.3, 0.4) is 0 Å². The van der Waals surface area contributed by atoms with Gasteiger partial charge in [0.2, 0.25) is 6.10 Å². The molecular formula is C31H39NO11. The summed E-state index contributed by atoms with van der Waals surface area (Å²) in [6, 6.07) is 3.66. The maximum absolute atomic E-state index is 13.2. The lowest BCUT2D eigenvalue weighted by Crippen LogP contribution is -2.74. The molecular weight excluding hydrogens is 562 g/mol. The number of ether oxygens (including phenoxy) is 6. The first kappa shape index (κ1) is 30.8. The van der Waals surface area contributed by atoms with Crippen molar-refractivity contribution in [1.29, 1.82) is 0 Å². The van der Waals surface area contributed by atoms with E-state index in [0.29, 0.717) is 30.9 Å². The number of carbonyl (C=O) groups is 4. The minimum Gasteiger partial charge on any atom is -0.493 e. The van der Waals surface area contributed by atoms with Gasteiger partial charge in [-0.25, -0.2) is 9.59 Å². The fourth-order valence-corrected chi connectivity index (χ4v) is 6.95. The van der Waals surface area contributed by atoms with Crippen molar-refractivity contribution in [2.75, 3.05) is 27.3 Å². The number of benzene rings is 1. The number of rotatable bonds is 10. The number of nitrogens with zero attached hydrogens (tertiary/aromatic N) is 1. The van der Waals surface area contributed by atoms with Gasteiger partial charge in [-0.15, -0.1) is 0 Å². The van der Waals surface area contributed by atoms with Gasteiger partial charge in [0.1, 0.15) is 5.76 Å². The van der Waals surface area contributed by atoms with Gasteiger partial charge in [0, 0.05) is 24.9 Å². The zero-order valence-electron chi connectivity index (χ0n) is 25.3. The van der Waals surface area contributed by atoms with Crippen LogP contribution in [0.15, 0.2) is 24.0 Å². The molecule has 2 aliphatic heterocycles. The van der Waals surface area contributed by atoms with Crippen molar-refractivity contribution in [1.82, 2.24) is 4.90 Å². The summed E-state index contributed by atoms with van der Waals surface area (Å²) >= 11 is 0. The molecule has 1 aromatic rings. The highest BCUT2D eigenvalue weighted by Crippen LogP contribution is 2.65. The van der Waals surface area contributed by atoms with Crippen molar-refractivity contribution in [3.63, 3.8) is 0 Å². The molecule has 0 aromatic heterocycles. The summed E-state index contributed by atoms with van der Waals surface area (Å²) in [5.74, 6) is -2.22. The first-order valence-corrected chi connectivity index (χ1v) is 14.6. The Morgan fingerprint density at radius 2 is 1.88 bits per heavy atom. The Bertz CT molecular complexity index is 1360. The molecule has 2 bridgehead atoms. The third kappa shape index (κ3) is 5.14. The summed E-state index contributed by atoms with van der Waals surface area (Å²) in [6.07, 6.45) is -1.37. The fraction of sp³-hybridized carbons (Fsp3) is 0.613. The highest BCUT2D eigenvalue weighted by Gasteiger charge is 2.72. The number of hydrogen-bond acceptors (Lipinski definition) is 12. The summed E-state index contributed by atoms with van der Waals surface area (Å²) in [6.45, 7) is 6.97. The van der Waals surface area contributed by atoms with Crippen molar-refractivity contribution in [3.05, 3.63) is 35.1 Å². The van der Waals surface area contributed by atoms with Crippen LogP contribution >= 0.6 is 0 Å². The van der Waals surface area contributed by atoms with Gasteiger partial charge in [0.15, 0.2) is 23.7 Å². The number of esters is 4. The van der Waals surface area contributed by atoms with E-state index >= 15 is 0 Å². The topological polar surface area (TPSA) is 147 Å². The molecule has 0 saturated carbocycles. The molecule has 2 aliphatic carbocycles. The second kappa shape index (κ2) is 11.5. The highest BCUT2D eigenvalue weighted by molar-refractivity contribution is 5.86. The van der Waals surface area contributed by atoms with Crippen molar-refractivity contribution in [3.8, 4) is 11.5 Å². The molecule has 2 heterocycles. The van der Waals surface area contributed by atoms with Crippen molar-refractivity contribution in [2.45, 2.75) is 88.7 Å². The molecule has 1 unspecified atom stereocenters. The van der Waals surface area contributed by atoms with Crippen LogP contribution in [0.5, 0.6) is 11.5 Å². The summed E-state index contributed by atoms with van der Waals surface area (Å²) in [4.78, 5) is 52.2. The van der Waals surface area contributed by atoms with Gasteiger partial charge in [-0.2, -0.15) is 0 Å². The van der Waals surface area contributed by atoms with Crippen LogP contribution in [0.25, 0.3) is 0 Å². The van der Waals surface area contributed by atoms with E-state index in [9.17, 15) is 24.3 Å². The Morgan fingerprint density at radius 3 is 2.56 bits per heavy atom. The SMILES string of the molecule is COc1ccc2c3c1OC1C(OC(=O)C[C@H](OC(C)=O)C(=O)O[C@@H](C)C(=O)OCC(C)C)=CC[C@@]4(O)[C@@H](C2)N(C)CC[C@]314. The first-order valence-electron chi connectivity index (χ1n) is 14.6. The molecule has 6 atom stereocenters. The van der Waals surface area contributed by atoms with Gasteiger partial charge in [-0.05, 0) is 57.0 Å². The molecule has 12 nitrogen and oxygen atoms in total. The van der Waals surface area contributed by atoms with E-state index in [1.807, 2.05) is 33.0 Å². The third-order valence-corrected chi connectivity index (χ3v) is 8.90. The standard InChI is InChI=1S/C31H39NO11/c1-16(2)15-39-28(35)17(3)40-29(36)22(41-18(4)33)14-24(34)42-21-9-10-31(37)23-13-19-7-8-20(38-6)26-25(19)30(31,27(21)43-26)11-12-32(23)5/h7-9,16-17,22-23,27,37H,10-15H2,1-6H3/t17-,22-,23+,27?,30-,31+/m0/s1. The molecule has 1 aromatic carbocycles. The van der Waals surface area contributed by atoms with Crippen molar-refractivity contribution < 1.29 is 52.7 Å². The Kier molecular flexibility index (Phi) is 8.21. The number of piperidine rings is 1. The average Bonchev–Trinajstić information content (AvgIpc) is 3.30. The lowest BCUT2D eigenvalue weighted by Gasteiger charge is -2.61. The summed E-state index contributed by atoms with van der Waals surface area (Å²) in [5, 5.41) is 12.3. The summed E-state index contributed by atoms with van der Waals surface area (Å²) in [5.41, 5.74) is -0.141. The summed E-state index contributed by atoms with van der Waals surface area (Å²) in [7, 11) is 3.54. The van der Waals surface area contributed by atoms with E-state index in [2.05, 4.69) is 4.90 Å². The number of hydrogen-bond donors (Lipinski definition) is 1. The van der Waals surface area contributed by atoms with Crippen molar-refractivity contribution in [2.24, 2.45) is 5.92 Å². The number of likely N-dealkylation sites (N-methyl/N-ethyl adjacent to an activating group) is 1. The predicted octanol–water partition coefficient (Wildman–Crippen LogP) is 1.97. The van der Waals surface area contributed by atoms with Crippen LogP contribution in [0.2, 0.25) is 0 Å². The Morgan fingerprint density at radius 1 is 1.14 bits per heavy atom. The largest absolute Gasteiger partial charge is 0.493 e. The Labute approximate surface area is 250 Å². The zero-order valence-corrected chi connectivity index (χ0v) is 25.3. The second-order valence-corrected chi connectivity index (χ2v) is 12.2. The van der Waals surface area contributed by atoms with Gasteiger partial charge >= 0.3 is 23.9 Å². The molecule has 5 rings (SSSR count). The smallest absolute Gasteiger partial charge is 0.348 e. The number of aliphatic hydroxyl groups is 1. The highest BCUT2D eigenvalue weighted by atomic mass is 16.6. The van der Waals surface area contributed by atoms with Gasteiger partial charge in [0.05, 0.1) is 31.2 Å². The lowest BCUT2D eigenvalue weighted by atomic mass is 9.50. The van der Waals surface area contributed by atoms with Crippen LogP contribution in [-0.2, 0) is 50.0 Å². The molecule has 43 heavy (non-hydrogen) atoms. The molecule has 12 heteroatoms. The minimum atomic E-state index is -1.65. The fourth-order valence-electron chi connectivity index (χ4n) is 6.95. The van der Waals surface area contributed by atoms with Crippen LogP contribution in [-0.4, -0.2) is 91.1 Å². The molecule has 1 saturated heterocycles. The molecule has 4 aliphatic rings. The van der Waals surface area contributed by atoms with E-state index in [0.717, 1.165) is 18.1 Å². The van der Waals surface area contributed by atoms with Gasteiger partial charge < -0.3 is 38.4 Å². The van der Waals surface area contributed by atoms with E-state index in [-0.39, 0.29) is 30.7 Å². The quantitative estimate of drug-likeness (QED) is 0.309. The Balaban J connectivity index is 1.36. The summed E-state index contributed by atoms with van der Waals surface area (Å²) < 4.78 is 33.2. The number of carbonyl (C=O) groups excluding carboxylic acids is 4. The third-order valence-electron chi connectivity index (χ3n) is 8.90. The molecule has 1 spiro atoms. The maximum Gasteiger partial charge on any atom is 0.348 e. The van der Waals surface area contributed by atoms with E-state index < -0.39 is 59.6 Å². The Hall–Kier alpha value is -3.64. The van der Waals surface area contributed by atoms with Gasteiger partial charge in [0.25, 0.3) is 0 Å². The van der Waals surface area contributed by atoms with Gasteiger partial charge in [-0.3, -0.25) is 9.59 Å². The molecule has 1 fully saturated rings. The first-order chi connectivity index (χ1) is 20.3. The maximum atomic E-state index is 13.2. The van der Waals surface area contributed by atoms with Crippen LogP contribution in [0.1, 0.15) is 58.1 Å². The normalized spacial score (nSPS) is 28.0. The average molecular weight is 602 g/mol. The number of likely N-dealkylation sites (tertiary alicyclic amines) is 1. The molecule has 0 radical (unpaired) electrons. The monoisotopic (exact) mass is 601 g/mol. The van der Waals surface area contributed by atoms with Crippen LogP contribution in [0, 0.1) is 5.92 Å². The van der Waals surface area contributed by atoms with Crippen LogP contribution in [0.4, 0.5) is 0 Å². The molecule has 0 amide bonds. The minimum absolute atomic E-state index is 0.0818. The van der Waals surface area contributed by atoms with Crippen LogP contribution < -0.4 is 9.47 Å². The van der Waals surface area contributed by atoms with Crippen molar-refractivity contribution >= 4 is 23.9 Å². The second-order valence-electron chi connectivity index (χ2n) is 12.2. The van der Waals surface area contributed by atoms with E-state index in [4.69, 9.17) is 28.4 Å². The van der Waals surface area contributed by atoms with E-state index in [1.54, 1.807) is 13.2 Å².